The zero-order valence-corrected chi connectivity index (χ0v) is 9.59. The lowest BCUT2D eigenvalue weighted by Crippen LogP contribution is -2.09. The van der Waals surface area contributed by atoms with Gasteiger partial charge in [0.2, 0.25) is 5.91 Å². The fourth-order valence-electron chi connectivity index (χ4n) is 1.16. The van der Waals surface area contributed by atoms with E-state index in [1.165, 1.54) is 12.1 Å². The van der Waals surface area contributed by atoms with Gasteiger partial charge in [-0.2, -0.15) is 0 Å². The van der Waals surface area contributed by atoms with Gasteiger partial charge in [0, 0.05) is 18.5 Å². The summed E-state index contributed by atoms with van der Waals surface area (Å²) in [6, 6.07) is 4.33. The number of benzene rings is 1. The average Bonchev–Trinajstić information content (AvgIpc) is 2.32. The molecule has 0 heterocycles. The molecule has 0 bridgehead atoms. The normalized spacial score (nSPS) is 9.35. The van der Waals surface area contributed by atoms with Crippen LogP contribution in [-0.4, -0.2) is 17.6 Å². The first kappa shape index (κ1) is 13.2. The molecule has 1 aromatic carbocycles. The topological polar surface area (TPSA) is 49.3 Å². The molecule has 0 saturated heterocycles. The Bertz CT molecular complexity index is 460. The quantitative estimate of drug-likeness (QED) is 0.786. The second-order valence-electron chi connectivity index (χ2n) is 3.37. The lowest BCUT2D eigenvalue weighted by atomic mass is 10.2. The first-order chi connectivity index (χ1) is 8.17. The summed E-state index contributed by atoms with van der Waals surface area (Å²) in [5.41, 5.74) is 0.676. The van der Waals surface area contributed by atoms with Gasteiger partial charge in [-0.25, -0.2) is 4.39 Å². The van der Waals surface area contributed by atoms with Crippen LogP contribution in [0.4, 0.5) is 10.1 Å². The highest BCUT2D eigenvalue weighted by atomic mass is 19.1. The molecule has 0 saturated carbocycles. The number of aliphatic hydroxyl groups excluding tert-OH is 1. The van der Waals surface area contributed by atoms with Crippen molar-refractivity contribution in [3.8, 4) is 11.8 Å². The van der Waals surface area contributed by atoms with E-state index >= 15 is 0 Å². The Morgan fingerprint density at radius 1 is 1.53 bits per heavy atom. The van der Waals surface area contributed by atoms with Crippen LogP contribution in [0.25, 0.3) is 0 Å². The number of amides is 1. The third-order valence-electron chi connectivity index (χ3n) is 2.03. The van der Waals surface area contributed by atoms with E-state index < -0.39 is 5.82 Å². The van der Waals surface area contributed by atoms with Crippen molar-refractivity contribution < 1.29 is 14.3 Å². The van der Waals surface area contributed by atoms with E-state index in [-0.39, 0.29) is 18.1 Å². The molecule has 90 valence electrons. The van der Waals surface area contributed by atoms with Gasteiger partial charge in [-0.15, -0.1) is 0 Å². The monoisotopic (exact) mass is 235 g/mol. The molecule has 0 spiro atoms. The van der Waals surface area contributed by atoms with Gasteiger partial charge in [-0.05, 0) is 18.2 Å². The van der Waals surface area contributed by atoms with Gasteiger partial charge in [-0.3, -0.25) is 4.79 Å². The maximum Gasteiger partial charge on any atom is 0.224 e. The van der Waals surface area contributed by atoms with E-state index in [0.29, 0.717) is 18.5 Å². The van der Waals surface area contributed by atoms with Crippen molar-refractivity contribution in [2.24, 2.45) is 0 Å². The number of hydrogen-bond acceptors (Lipinski definition) is 2. The molecular formula is C13H14FNO2. The van der Waals surface area contributed by atoms with Gasteiger partial charge >= 0.3 is 0 Å². The number of hydrogen-bond donors (Lipinski definition) is 2. The largest absolute Gasteiger partial charge is 0.395 e. The molecule has 17 heavy (non-hydrogen) atoms. The average molecular weight is 235 g/mol. The molecule has 3 nitrogen and oxygen atoms in total. The summed E-state index contributed by atoms with van der Waals surface area (Å²) in [7, 11) is 0. The molecule has 2 N–H and O–H groups in total. The van der Waals surface area contributed by atoms with Crippen molar-refractivity contribution in [3.05, 3.63) is 29.6 Å². The Balaban J connectivity index is 2.80. The molecule has 0 radical (unpaired) electrons. The Labute approximate surface area is 99.7 Å². The number of anilines is 1. The van der Waals surface area contributed by atoms with Crippen molar-refractivity contribution in [2.45, 2.75) is 19.8 Å². The Morgan fingerprint density at radius 2 is 2.29 bits per heavy atom. The first-order valence-corrected chi connectivity index (χ1v) is 5.36. The van der Waals surface area contributed by atoms with Crippen LogP contribution in [0.5, 0.6) is 0 Å². The predicted molar refractivity (Wildman–Crippen MR) is 63.9 cm³/mol. The predicted octanol–water partition coefficient (Wildman–Crippen LogP) is 1.91. The van der Waals surface area contributed by atoms with E-state index in [4.69, 9.17) is 5.11 Å². The smallest absolute Gasteiger partial charge is 0.224 e. The summed E-state index contributed by atoms with van der Waals surface area (Å²) < 4.78 is 13.5. The summed E-state index contributed by atoms with van der Waals surface area (Å²) in [4.78, 5) is 11.1. The van der Waals surface area contributed by atoms with Crippen LogP contribution >= 0.6 is 0 Å². The van der Waals surface area contributed by atoms with E-state index in [2.05, 4.69) is 17.2 Å². The van der Waals surface area contributed by atoms with Crippen LogP contribution in [-0.2, 0) is 4.79 Å². The molecule has 0 aliphatic heterocycles. The van der Waals surface area contributed by atoms with Crippen LogP contribution in [0.1, 0.15) is 25.3 Å². The summed E-state index contributed by atoms with van der Waals surface area (Å²) in [6.45, 7) is 1.68. The highest BCUT2D eigenvalue weighted by Crippen LogP contribution is 2.14. The summed E-state index contributed by atoms with van der Waals surface area (Å²) in [6.07, 6.45) is 0.660. The molecule has 0 aliphatic carbocycles. The number of carbonyl (C=O) groups excluding carboxylic acids is 1. The molecule has 0 fully saturated rings. The molecule has 0 aliphatic rings. The number of aliphatic hydroxyl groups is 1. The lowest BCUT2D eigenvalue weighted by molar-refractivity contribution is -0.115. The molecule has 4 heteroatoms. The minimum atomic E-state index is -0.482. The Hall–Kier alpha value is -1.86. The van der Waals surface area contributed by atoms with Gasteiger partial charge < -0.3 is 10.4 Å². The third kappa shape index (κ3) is 4.25. The standard InChI is InChI=1S/C13H14FNO2/c1-2-13(17)15-11-7-6-10(12(14)9-11)5-3-4-8-16/h6-7,9,16H,2,4,8H2,1H3,(H,15,17). The van der Waals surface area contributed by atoms with Crippen LogP contribution in [0.2, 0.25) is 0 Å². The first-order valence-electron chi connectivity index (χ1n) is 5.36. The van der Waals surface area contributed by atoms with Gasteiger partial charge in [0.15, 0.2) is 0 Å². The molecule has 1 amide bonds. The number of nitrogens with one attached hydrogen (secondary N) is 1. The number of halogens is 1. The third-order valence-corrected chi connectivity index (χ3v) is 2.03. The summed E-state index contributed by atoms with van der Waals surface area (Å²) in [5.74, 6) is 4.60. The molecule has 1 rings (SSSR count). The van der Waals surface area contributed by atoms with Gasteiger partial charge in [0.05, 0.1) is 12.2 Å². The zero-order valence-electron chi connectivity index (χ0n) is 9.59. The molecule has 0 unspecified atom stereocenters. The van der Waals surface area contributed by atoms with E-state index in [0.717, 1.165) is 0 Å². The number of carbonyl (C=O) groups is 1. The molecule has 0 atom stereocenters. The molecule has 0 aromatic heterocycles. The second kappa shape index (κ2) is 6.66. The van der Waals surface area contributed by atoms with Crippen molar-refractivity contribution in [2.75, 3.05) is 11.9 Å². The summed E-state index contributed by atoms with van der Waals surface area (Å²) >= 11 is 0. The van der Waals surface area contributed by atoms with E-state index in [1.54, 1.807) is 13.0 Å². The van der Waals surface area contributed by atoms with Crippen molar-refractivity contribution in [1.82, 2.24) is 0 Å². The van der Waals surface area contributed by atoms with Crippen molar-refractivity contribution in [3.63, 3.8) is 0 Å². The van der Waals surface area contributed by atoms with E-state index in [9.17, 15) is 9.18 Å². The maximum atomic E-state index is 13.5. The SMILES string of the molecule is CCC(=O)Nc1ccc(C#CCCO)c(F)c1. The highest BCUT2D eigenvalue weighted by Gasteiger charge is 2.03. The van der Waals surface area contributed by atoms with Crippen molar-refractivity contribution >= 4 is 11.6 Å². The molecule has 1 aromatic rings. The second-order valence-corrected chi connectivity index (χ2v) is 3.37. The lowest BCUT2D eigenvalue weighted by Gasteiger charge is -2.04. The van der Waals surface area contributed by atoms with Crippen LogP contribution in [0, 0.1) is 17.7 Å². The van der Waals surface area contributed by atoms with Crippen LogP contribution in [0.3, 0.4) is 0 Å². The van der Waals surface area contributed by atoms with Gasteiger partial charge in [0.25, 0.3) is 0 Å². The minimum absolute atomic E-state index is 0.0424. The number of rotatable bonds is 3. The van der Waals surface area contributed by atoms with Crippen molar-refractivity contribution in [1.29, 1.82) is 0 Å². The van der Waals surface area contributed by atoms with Gasteiger partial charge in [0.1, 0.15) is 5.82 Å². The maximum absolute atomic E-state index is 13.5. The summed E-state index contributed by atoms with van der Waals surface area (Å²) in [5, 5.41) is 11.1. The fourth-order valence-corrected chi connectivity index (χ4v) is 1.16. The van der Waals surface area contributed by atoms with Gasteiger partial charge in [-0.1, -0.05) is 18.8 Å². The minimum Gasteiger partial charge on any atom is -0.395 e. The fraction of sp³-hybridized carbons (Fsp3) is 0.308. The Kier molecular flexibility index (Phi) is 5.18. The zero-order chi connectivity index (χ0) is 12.7. The van der Waals surface area contributed by atoms with Crippen LogP contribution < -0.4 is 5.32 Å². The molecular weight excluding hydrogens is 221 g/mol. The van der Waals surface area contributed by atoms with E-state index in [1.807, 2.05) is 0 Å². The highest BCUT2D eigenvalue weighted by molar-refractivity contribution is 5.90. The van der Waals surface area contributed by atoms with Crippen LogP contribution in [0.15, 0.2) is 18.2 Å². The Morgan fingerprint density at radius 3 is 2.88 bits per heavy atom.